The fourth-order valence-electron chi connectivity index (χ4n) is 3.08. The van der Waals surface area contributed by atoms with E-state index in [4.69, 9.17) is 11.6 Å². The lowest BCUT2D eigenvalue weighted by Gasteiger charge is -2.33. The molecule has 8 heteroatoms. The average Bonchev–Trinajstić information content (AvgIpc) is 2.67. The summed E-state index contributed by atoms with van der Waals surface area (Å²) in [5, 5.41) is 13.8. The van der Waals surface area contributed by atoms with Crippen LogP contribution in [-0.2, 0) is 0 Å². The maximum absolute atomic E-state index is 12.3. The third-order valence-electron chi connectivity index (χ3n) is 4.60. The lowest BCUT2D eigenvalue weighted by atomic mass is 9.96. The van der Waals surface area contributed by atoms with Crippen molar-refractivity contribution in [3.8, 4) is 0 Å². The Morgan fingerprint density at radius 1 is 1.27 bits per heavy atom. The summed E-state index contributed by atoms with van der Waals surface area (Å²) < 4.78 is 0. The first kappa shape index (κ1) is 18.1. The average molecular weight is 375 g/mol. The molecule has 0 saturated carbocycles. The first-order valence-corrected chi connectivity index (χ1v) is 8.79. The Hall–Kier alpha value is -2.67. The van der Waals surface area contributed by atoms with Crippen LogP contribution >= 0.6 is 11.6 Å². The molecule has 1 aromatic heterocycles. The first-order valence-electron chi connectivity index (χ1n) is 8.41. The molecule has 0 unspecified atom stereocenters. The highest BCUT2D eigenvalue weighted by atomic mass is 35.5. The second-order valence-electron chi connectivity index (χ2n) is 6.27. The highest BCUT2D eigenvalue weighted by Crippen LogP contribution is 2.25. The predicted octanol–water partition coefficient (Wildman–Crippen LogP) is 3.29. The molecule has 2 heterocycles. The zero-order valence-electron chi connectivity index (χ0n) is 14.1. The van der Waals surface area contributed by atoms with E-state index < -0.39 is 4.92 Å². The van der Waals surface area contributed by atoms with Crippen LogP contribution in [0.2, 0.25) is 5.02 Å². The number of nitro benzene ring substituents is 1. The second-order valence-corrected chi connectivity index (χ2v) is 6.68. The Balaban J connectivity index is 1.51. The molecule has 136 valence electrons. The van der Waals surface area contributed by atoms with E-state index in [1.165, 1.54) is 18.2 Å². The minimum absolute atomic E-state index is 0.0232. The van der Waals surface area contributed by atoms with Crippen LogP contribution in [0.15, 0.2) is 42.7 Å². The zero-order chi connectivity index (χ0) is 18.5. The van der Waals surface area contributed by atoms with Crippen LogP contribution in [-0.4, -0.2) is 35.4 Å². The van der Waals surface area contributed by atoms with Gasteiger partial charge in [-0.1, -0.05) is 11.6 Å². The van der Waals surface area contributed by atoms with Crippen molar-refractivity contribution >= 4 is 28.9 Å². The van der Waals surface area contributed by atoms with E-state index in [-0.39, 0.29) is 22.2 Å². The van der Waals surface area contributed by atoms with Gasteiger partial charge in [-0.15, -0.1) is 0 Å². The van der Waals surface area contributed by atoms with Gasteiger partial charge in [-0.05, 0) is 43.0 Å². The van der Waals surface area contributed by atoms with Crippen molar-refractivity contribution in [2.45, 2.75) is 12.8 Å². The van der Waals surface area contributed by atoms with Crippen LogP contribution in [0.5, 0.6) is 0 Å². The van der Waals surface area contributed by atoms with Crippen molar-refractivity contribution in [2.75, 3.05) is 24.5 Å². The SMILES string of the molecule is O=C(NCC1CCN(c2ccncc2)CC1)c1ccc(Cl)c([N+](=O)[O-])c1. The molecule has 2 aromatic rings. The molecule has 1 aliphatic heterocycles. The largest absolute Gasteiger partial charge is 0.371 e. The molecule has 0 atom stereocenters. The number of anilines is 1. The summed E-state index contributed by atoms with van der Waals surface area (Å²) in [5.41, 5.74) is 1.15. The van der Waals surface area contributed by atoms with Gasteiger partial charge in [0.15, 0.2) is 0 Å². The number of hydrogen-bond acceptors (Lipinski definition) is 5. The fraction of sp³-hybridized carbons (Fsp3) is 0.333. The van der Waals surface area contributed by atoms with Gasteiger partial charge in [-0.3, -0.25) is 19.9 Å². The van der Waals surface area contributed by atoms with Crippen molar-refractivity contribution in [2.24, 2.45) is 5.92 Å². The molecule has 7 nitrogen and oxygen atoms in total. The van der Waals surface area contributed by atoms with Crippen molar-refractivity contribution in [1.29, 1.82) is 0 Å². The van der Waals surface area contributed by atoms with Crippen LogP contribution in [0.4, 0.5) is 11.4 Å². The van der Waals surface area contributed by atoms with Gasteiger partial charge in [-0.25, -0.2) is 0 Å². The van der Waals surface area contributed by atoms with Gasteiger partial charge in [0.25, 0.3) is 11.6 Å². The van der Waals surface area contributed by atoms with Gasteiger partial charge in [-0.2, -0.15) is 0 Å². The van der Waals surface area contributed by atoms with E-state index in [2.05, 4.69) is 15.2 Å². The minimum atomic E-state index is -0.589. The van der Waals surface area contributed by atoms with E-state index in [0.29, 0.717) is 12.5 Å². The number of pyridine rings is 1. The molecule has 3 rings (SSSR count). The number of carbonyl (C=O) groups excluding carboxylic acids is 1. The van der Waals surface area contributed by atoms with Crippen LogP contribution in [0.1, 0.15) is 23.2 Å². The Morgan fingerprint density at radius 2 is 1.96 bits per heavy atom. The van der Waals surface area contributed by atoms with E-state index in [9.17, 15) is 14.9 Å². The number of carbonyl (C=O) groups is 1. The van der Waals surface area contributed by atoms with Crippen LogP contribution in [0, 0.1) is 16.0 Å². The van der Waals surface area contributed by atoms with Gasteiger partial charge in [0.2, 0.25) is 0 Å². The summed E-state index contributed by atoms with van der Waals surface area (Å²) in [5.74, 6) is 0.0700. The number of piperidine rings is 1. The Bertz CT molecular complexity index is 792. The Labute approximate surface area is 156 Å². The topological polar surface area (TPSA) is 88.4 Å². The van der Waals surface area contributed by atoms with Crippen molar-refractivity contribution in [3.63, 3.8) is 0 Å². The van der Waals surface area contributed by atoms with Gasteiger partial charge < -0.3 is 10.2 Å². The number of aromatic nitrogens is 1. The number of benzene rings is 1. The van der Waals surface area contributed by atoms with Gasteiger partial charge in [0.05, 0.1) is 4.92 Å². The van der Waals surface area contributed by atoms with Crippen molar-refractivity contribution < 1.29 is 9.72 Å². The fourth-order valence-corrected chi connectivity index (χ4v) is 3.27. The van der Waals surface area contributed by atoms with Crippen LogP contribution < -0.4 is 10.2 Å². The molecule has 0 aliphatic carbocycles. The van der Waals surface area contributed by atoms with Crippen molar-refractivity contribution in [1.82, 2.24) is 10.3 Å². The van der Waals surface area contributed by atoms with Crippen LogP contribution in [0.25, 0.3) is 0 Å². The summed E-state index contributed by atoms with van der Waals surface area (Å²) >= 11 is 5.78. The van der Waals surface area contributed by atoms with Crippen LogP contribution in [0.3, 0.4) is 0 Å². The monoisotopic (exact) mass is 374 g/mol. The Morgan fingerprint density at radius 3 is 2.62 bits per heavy atom. The molecular weight excluding hydrogens is 356 g/mol. The molecule has 1 aromatic carbocycles. The lowest BCUT2D eigenvalue weighted by molar-refractivity contribution is -0.384. The molecule has 0 bridgehead atoms. The second kappa shape index (κ2) is 8.14. The maximum Gasteiger partial charge on any atom is 0.288 e. The quantitative estimate of drug-likeness (QED) is 0.640. The molecule has 1 amide bonds. The van der Waals surface area contributed by atoms with E-state index in [1.807, 2.05) is 12.1 Å². The predicted molar refractivity (Wildman–Crippen MR) is 99.6 cm³/mol. The highest BCUT2D eigenvalue weighted by Gasteiger charge is 2.21. The van der Waals surface area contributed by atoms with Gasteiger partial charge in [0, 0.05) is 49.3 Å². The number of halogens is 1. The lowest BCUT2D eigenvalue weighted by Crippen LogP contribution is -2.38. The number of rotatable bonds is 5. The number of nitro groups is 1. The van der Waals surface area contributed by atoms with Gasteiger partial charge in [0.1, 0.15) is 5.02 Å². The first-order chi connectivity index (χ1) is 12.5. The molecule has 1 saturated heterocycles. The molecule has 26 heavy (non-hydrogen) atoms. The third-order valence-corrected chi connectivity index (χ3v) is 4.92. The number of nitrogens with zero attached hydrogens (tertiary/aromatic N) is 3. The minimum Gasteiger partial charge on any atom is -0.371 e. The summed E-state index contributed by atoms with van der Waals surface area (Å²) in [6.07, 6.45) is 5.52. The highest BCUT2D eigenvalue weighted by molar-refractivity contribution is 6.32. The molecule has 1 aliphatic rings. The maximum atomic E-state index is 12.3. The summed E-state index contributed by atoms with van der Waals surface area (Å²) in [6, 6.07) is 8.08. The molecule has 0 radical (unpaired) electrons. The zero-order valence-corrected chi connectivity index (χ0v) is 14.9. The number of nitrogens with one attached hydrogen (secondary N) is 1. The third kappa shape index (κ3) is 4.29. The van der Waals surface area contributed by atoms with Crippen molar-refractivity contribution in [3.05, 3.63) is 63.4 Å². The number of hydrogen-bond donors (Lipinski definition) is 1. The molecule has 1 fully saturated rings. The van der Waals surface area contributed by atoms with Gasteiger partial charge >= 0.3 is 0 Å². The molecular formula is C18H19ClN4O3. The van der Waals surface area contributed by atoms with E-state index in [1.54, 1.807) is 12.4 Å². The van der Waals surface area contributed by atoms with E-state index in [0.717, 1.165) is 31.6 Å². The van der Waals surface area contributed by atoms with E-state index >= 15 is 0 Å². The molecule has 0 spiro atoms. The standard InChI is InChI=1S/C18H19ClN4O3/c19-16-2-1-14(11-17(16)23(25)26)18(24)21-12-13-5-9-22(10-6-13)15-3-7-20-8-4-15/h1-4,7-8,11,13H,5-6,9-10,12H2,(H,21,24). The smallest absolute Gasteiger partial charge is 0.288 e. The summed E-state index contributed by atoms with van der Waals surface area (Å²) in [4.78, 5) is 28.9. The normalized spacial score (nSPS) is 14.9. The Kier molecular flexibility index (Phi) is 5.68. The molecule has 1 N–H and O–H groups in total. The number of amides is 1. The summed E-state index contributed by atoms with van der Waals surface area (Å²) in [7, 11) is 0. The summed E-state index contributed by atoms with van der Waals surface area (Å²) in [6.45, 7) is 2.41.